The van der Waals surface area contributed by atoms with Crippen LogP contribution in [0.3, 0.4) is 0 Å². The van der Waals surface area contributed by atoms with E-state index in [4.69, 9.17) is 0 Å². The highest BCUT2D eigenvalue weighted by Gasteiger charge is 2.12. The van der Waals surface area contributed by atoms with Crippen LogP contribution in [0.1, 0.15) is 21.5 Å². The van der Waals surface area contributed by atoms with E-state index in [-0.39, 0.29) is 11.4 Å². The van der Waals surface area contributed by atoms with Crippen LogP contribution in [0.15, 0.2) is 36.4 Å². The van der Waals surface area contributed by atoms with Crippen molar-refractivity contribution in [1.82, 2.24) is 0 Å². The first-order valence-corrected chi connectivity index (χ1v) is 6.38. The maximum atomic E-state index is 13.5. The number of aryl methyl sites for hydroxylation is 1. The number of nitrogens with one attached hydrogen (secondary N) is 1. The summed E-state index contributed by atoms with van der Waals surface area (Å²) in [5.41, 5.74) is 1.74. The van der Waals surface area contributed by atoms with Crippen LogP contribution in [-0.4, -0.2) is 13.1 Å². The zero-order valence-electron chi connectivity index (χ0n) is 11.7. The number of esters is 1. The average molecular weight is 291 g/mol. The topological polar surface area (TPSA) is 38.3 Å². The molecule has 0 unspecified atom stereocenters. The number of benzene rings is 2. The lowest BCUT2D eigenvalue weighted by molar-refractivity contribution is 0.0595. The molecule has 0 aliphatic rings. The normalized spacial score (nSPS) is 10.3. The second-order valence-electron chi connectivity index (χ2n) is 4.62. The third-order valence-electron chi connectivity index (χ3n) is 3.10. The third-order valence-corrected chi connectivity index (χ3v) is 3.10. The number of carbonyl (C=O) groups is 1. The number of ether oxygens (including phenoxy) is 1. The smallest absolute Gasteiger partial charge is 0.340 e. The summed E-state index contributed by atoms with van der Waals surface area (Å²) < 4.78 is 31.4. The molecular weight excluding hydrogens is 276 g/mol. The Labute approximate surface area is 121 Å². The van der Waals surface area contributed by atoms with Gasteiger partial charge in [-0.25, -0.2) is 13.6 Å². The van der Waals surface area contributed by atoms with Gasteiger partial charge in [-0.3, -0.25) is 0 Å². The van der Waals surface area contributed by atoms with E-state index < -0.39 is 11.8 Å². The summed E-state index contributed by atoms with van der Waals surface area (Å²) in [6.45, 7) is 2.05. The monoisotopic (exact) mass is 291 g/mol. The molecule has 1 N–H and O–H groups in total. The zero-order chi connectivity index (χ0) is 15.4. The fourth-order valence-corrected chi connectivity index (χ4v) is 1.85. The van der Waals surface area contributed by atoms with Crippen molar-refractivity contribution >= 4 is 11.7 Å². The van der Waals surface area contributed by atoms with Crippen LogP contribution >= 0.6 is 0 Å². The Hall–Kier alpha value is -2.43. The first kappa shape index (κ1) is 15.0. The predicted octanol–water partition coefficient (Wildman–Crippen LogP) is 3.67. The Morgan fingerprint density at radius 2 is 1.90 bits per heavy atom. The van der Waals surface area contributed by atoms with Gasteiger partial charge in [0, 0.05) is 12.2 Å². The SMILES string of the molecule is COC(=O)c1cc(NCc2ccc(C)c(F)c2)ccc1F. The Morgan fingerprint density at radius 1 is 1.14 bits per heavy atom. The first-order valence-electron chi connectivity index (χ1n) is 6.38. The maximum absolute atomic E-state index is 13.5. The van der Waals surface area contributed by atoms with Crippen molar-refractivity contribution in [3.05, 3.63) is 64.7 Å². The molecule has 0 spiro atoms. The molecule has 0 amide bonds. The van der Waals surface area contributed by atoms with E-state index >= 15 is 0 Å². The minimum atomic E-state index is -0.738. The number of methoxy groups -OCH3 is 1. The molecule has 2 aromatic rings. The van der Waals surface area contributed by atoms with Crippen LogP contribution in [0.2, 0.25) is 0 Å². The Bertz CT molecular complexity index is 671. The molecule has 0 saturated heterocycles. The zero-order valence-corrected chi connectivity index (χ0v) is 11.7. The molecule has 0 aliphatic carbocycles. The van der Waals surface area contributed by atoms with Crippen LogP contribution in [0.25, 0.3) is 0 Å². The van der Waals surface area contributed by atoms with E-state index in [0.29, 0.717) is 17.8 Å². The van der Waals surface area contributed by atoms with Gasteiger partial charge in [0.2, 0.25) is 0 Å². The van der Waals surface area contributed by atoms with Crippen molar-refractivity contribution in [1.29, 1.82) is 0 Å². The van der Waals surface area contributed by atoms with Crippen molar-refractivity contribution in [3.8, 4) is 0 Å². The van der Waals surface area contributed by atoms with Gasteiger partial charge in [0.15, 0.2) is 0 Å². The molecular formula is C16H15F2NO2. The van der Waals surface area contributed by atoms with Crippen LogP contribution in [0, 0.1) is 18.6 Å². The molecule has 0 bridgehead atoms. The molecule has 0 radical (unpaired) electrons. The largest absolute Gasteiger partial charge is 0.465 e. The summed E-state index contributed by atoms with van der Waals surface area (Å²) in [4.78, 5) is 11.4. The number of hydrogen-bond donors (Lipinski definition) is 1. The van der Waals surface area contributed by atoms with Gasteiger partial charge in [-0.15, -0.1) is 0 Å². The molecule has 0 aliphatic heterocycles. The third kappa shape index (κ3) is 3.56. The minimum Gasteiger partial charge on any atom is -0.465 e. The van der Waals surface area contributed by atoms with Gasteiger partial charge < -0.3 is 10.1 Å². The maximum Gasteiger partial charge on any atom is 0.340 e. The van der Waals surface area contributed by atoms with Crippen LogP contribution in [0.5, 0.6) is 0 Å². The molecule has 0 heterocycles. The van der Waals surface area contributed by atoms with E-state index in [1.165, 1.54) is 31.4 Å². The summed E-state index contributed by atoms with van der Waals surface area (Å²) in [6, 6.07) is 8.99. The molecule has 0 saturated carbocycles. The lowest BCUT2D eigenvalue weighted by Crippen LogP contribution is -2.06. The second kappa shape index (κ2) is 6.35. The molecule has 2 aromatic carbocycles. The summed E-state index contributed by atoms with van der Waals surface area (Å²) >= 11 is 0. The van der Waals surface area contributed by atoms with Gasteiger partial charge in [-0.1, -0.05) is 12.1 Å². The number of halogens is 2. The van der Waals surface area contributed by atoms with Crippen molar-refractivity contribution < 1.29 is 18.3 Å². The van der Waals surface area contributed by atoms with E-state index in [1.807, 2.05) is 0 Å². The Balaban J connectivity index is 2.13. The van der Waals surface area contributed by atoms with Crippen molar-refractivity contribution in [2.45, 2.75) is 13.5 Å². The molecule has 3 nitrogen and oxygen atoms in total. The van der Waals surface area contributed by atoms with Gasteiger partial charge >= 0.3 is 5.97 Å². The van der Waals surface area contributed by atoms with Gasteiger partial charge in [0.1, 0.15) is 11.6 Å². The highest BCUT2D eigenvalue weighted by molar-refractivity contribution is 5.90. The van der Waals surface area contributed by atoms with Gasteiger partial charge in [0.25, 0.3) is 0 Å². The molecule has 5 heteroatoms. The van der Waals surface area contributed by atoms with Crippen molar-refractivity contribution in [3.63, 3.8) is 0 Å². The summed E-state index contributed by atoms with van der Waals surface area (Å²) in [5, 5.41) is 3.01. The lowest BCUT2D eigenvalue weighted by Gasteiger charge is -2.09. The van der Waals surface area contributed by atoms with Crippen LogP contribution < -0.4 is 5.32 Å². The van der Waals surface area contributed by atoms with Crippen molar-refractivity contribution in [2.75, 3.05) is 12.4 Å². The van der Waals surface area contributed by atoms with E-state index in [2.05, 4.69) is 10.1 Å². The molecule has 0 atom stereocenters. The quantitative estimate of drug-likeness (QED) is 0.873. The standard InChI is InChI=1S/C16H15F2NO2/c1-10-3-4-11(7-15(10)18)9-19-12-5-6-14(17)13(8-12)16(20)21-2/h3-8,19H,9H2,1-2H3. The predicted molar refractivity (Wildman–Crippen MR) is 76.2 cm³/mol. The molecule has 2 rings (SSSR count). The highest BCUT2D eigenvalue weighted by atomic mass is 19.1. The summed E-state index contributed by atoms with van der Waals surface area (Å²) in [6.07, 6.45) is 0. The van der Waals surface area contributed by atoms with Gasteiger partial charge in [-0.2, -0.15) is 0 Å². The lowest BCUT2D eigenvalue weighted by atomic mass is 10.1. The first-order chi connectivity index (χ1) is 10.0. The molecule has 110 valence electrons. The Kier molecular flexibility index (Phi) is 4.52. The second-order valence-corrected chi connectivity index (χ2v) is 4.62. The van der Waals surface area contributed by atoms with Crippen LogP contribution in [-0.2, 0) is 11.3 Å². The number of anilines is 1. The Morgan fingerprint density at radius 3 is 2.57 bits per heavy atom. The van der Waals surface area contributed by atoms with E-state index in [0.717, 1.165) is 5.56 Å². The minimum absolute atomic E-state index is 0.141. The van der Waals surface area contributed by atoms with E-state index in [1.54, 1.807) is 19.1 Å². The number of carbonyl (C=O) groups excluding carboxylic acids is 1. The van der Waals surface area contributed by atoms with Crippen molar-refractivity contribution in [2.24, 2.45) is 0 Å². The van der Waals surface area contributed by atoms with E-state index in [9.17, 15) is 13.6 Å². The number of hydrogen-bond acceptors (Lipinski definition) is 3. The van der Waals surface area contributed by atoms with Crippen LogP contribution in [0.4, 0.5) is 14.5 Å². The molecule has 0 aromatic heterocycles. The molecule has 0 fully saturated rings. The fourth-order valence-electron chi connectivity index (χ4n) is 1.85. The number of rotatable bonds is 4. The van der Waals surface area contributed by atoms with Gasteiger partial charge in [-0.05, 0) is 42.3 Å². The van der Waals surface area contributed by atoms with Gasteiger partial charge in [0.05, 0.1) is 12.7 Å². The highest BCUT2D eigenvalue weighted by Crippen LogP contribution is 2.17. The average Bonchev–Trinajstić information content (AvgIpc) is 2.49. The summed E-state index contributed by atoms with van der Waals surface area (Å²) in [7, 11) is 1.19. The fraction of sp³-hybridized carbons (Fsp3) is 0.188. The molecule has 21 heavy (non-hydrogen) atoms. The summed E-state index contributed by atoms with van der Waals surface area (Å²) in [5.74, 6) is -1.66.